The van der Waals surface area contributed by atoms with Crippen LogP contribution < -0.4 is 14.5 Å². The van der Waals surface area contributed by atoms with Gasteiger partial charge < -0.3 is 24.3 Å². The molecule has 0 saturated carbocycles. The van der Waals surface area contributed by atoms with Gasteiger partial charge in [-0.1, -0.05) is 36.9 Å². The smallest absolute Gasteiger partial charge is 0.421 e. The molecule has 3 aliphatic rings. The van der Waals surface area contributed by atoms with Gasteiger partial charge in [0, 0.05) is 48.9 Å². The third kappa shape index (κ3) is 6.20. The summed E-state index contributed by atoms with van der Waals surface area (Å²) in [6.45, 7) is 8.22. The van der Waals surface area contributed by atoms with Crippen molar-refractivity contribution < 1.29 is 22.7 Å². The second kappa shape index (κ2) is 12.8. The number of hydrogen-bond donors (Lipinski definition) is 0. The minimum atomic E-state index is -4.84. The Labute approximate surface area is 266 Å². The normalized spacial score (nSPS) is 20.5. The first-order valence-corrected chi connectivity index (χ1v) is 15.7. The SMILES string of the molecule is C=C(C(=O)N1CCN(c2nc(OCC3CCCN3C)nc3c2CCN(c2cccc4cccc(C)c24)C3)CC1CC#N)C(F)(F)F. The van der Waals surface area contributed by atoms with Crippen LogP contribution in [0, 0.1) is 18.3 Å². The summed E-state index contributed by atoms with van der Waals surface area (Å²) in [5, 5.41) is 11.9. The Morgan fingerprint density at radius 1 is 1.09 bits per heavy atom. The quantitative estimate of drug-likeness (QED) is 0.335. The Kier molecular flexibility index (Phi) is 8.79. The number of benzene rings is 2. The summed E-state index contributed by atoms with van der Waals surface area (Å²) in [6.07, 6.45) is -2.19. The van der Waals surface area contributed by atoms with Gasteiger partial charge in [-0.15, -0.1) is 0 Å². The van der Waals surface area contributed by atoms with Crippen LogP contribution in [0.25, 0.3) is 10.8 Å². The molecule has 2 atom stereocenters. The van der Waals surface area contributed by atoms with Crippen LogP contribution in [0.1, 0.15) is 36.1 Å². The number of likely N-dealkylation sites (tertiary alicyclic amines) is 1. The zero-order valence-electron chi connectivity index (χ0n) is 26.2. The zero-order valence-corrected chi connectivity index (χ0v) is 26.2. The number of carbonyl (C=O) groups excluding carboxylic acids is 1. The number of ether oxygens (including phenoxy) is 1. The molecule has 2 saturated heterocycles. The average molecular weight is 634 g/mol. The van der Waals surface area contributed by atoms with Crippen LogP contribution in [-0.4, -0.2) is 90.3 Å². The largest absolute Gasteiger partial charge is 0.462 e. The second-order valence-electron chi connectivity index (χ2n) is 12.4. The number of fused-ring (bicyclic) bond motifs is 2. The number of nitrogens with zero attached hydrogens (tertiary/aromatic N) is 7. The van der Waals surface area contributed by atoms with Gasteiger partial charge in [0.2, 0.25) is 0 Å². The summed E-state index contributed by atoms with van der Waals surface area (Å²) in [6, 6.07) is 14.4. The standard InChI is InChI=1S/C34H38F3N7O2/c1-22-7-4-8-24-9-5-11-29(30(22)24)42-16-13-27-28(20-42)39-33(46-21-26-10-6-15-41(26)3)40-31(27)43-17-18-44(25(19-43)12-14-38)32(45)23(2)34(35,36)37/h4-5,7-9,11,25-26H,2,6,10,12-13,15-21H2,1,3H3. The third-order valence-corrected chi connectivity index (χ3v) is 9.50. The number of carbonyl (C=O) groups is 1. The molecule has 6 rings (SSSR count). The molecule has 46 heavy (non-hydrogen) atoms. The van der Waals surface area contributed by atoms with Gasteiger partial charge in [-0.05, 0) is 56.8 Å². The predicted molar refractivity (Wildman–Crippen MR) is 170 cm³/mol. The number of aryl methyl sites for hydroxylation is 1. The monoisotopic (exact) mass is 633 g/mol. The van der Waals surface area contributed by atoms with E-state index in [4.69, 9.17) is 14.7 Å². The lowest BCUT2D eigenvalue weighted by Crippen LogP contribution is -2.56. The van der Waals surface area contributed by atoms with Crippen LogP contribution in [0.2, 0.25) is 0 Å². The Hall–Kier alpha value is -4.37. The summed E-state index contributed by atoms with van der Waals surface area (Å²) in [5.74, 6) is -0.541. The molecular formula is C34H38F3N7O2. The van der Waals surface area contributed by atoms with Crippen LogP contribution in [0.3, 0.4) is 0 Å². The van der Waals surface area contributed by atoms with E-state index in [1.807, 2.05) is 11.0 Å². The van der Waals surface area contributed by atoms with Crippen LogP contribution in [0.15, 0.2) is 48.6 Å². The highest BCUT2D eigenvalue weighted by Gasteiger charge is 2.42. The van der Waals surface area contributed by atoms with Crippen LogP contribution >= 0.6 is 0 Å². The van der Waals surface area contributed by atoms with Crippen LogP contribution in [0.5, 0.6) is 6.01 Å². The first kappa shape index (κ1) is 31.6. The number of rotatable bonds is 7. The molecule has 0 spiro atoms. The van der Waals surface area contributed by atoms with Crippen molar-refractivity contribution in [1.82, 2.24) is 19.8 Å². The van der Waals surface area contributed by atoms with E-state index in [2.05, 4.69) is 66.7 Å². The molecule has 242 valence electrons. The van der Waals surface area contributed by atoms with Gasteiger partial charge >= 0.3 is 12.2 Å². The highest BCUT2D eigenvalue weighted by atomic mass is 19.4. The minimum absolute atomic E-state index is 0.00349. The summed E-state index contributed by atoms with van der Waals surface area (Å²) in [5.41, 5.74) is 2.67. The Morgan fingerprint density at radius 2 is 1.87 bits per heavy atom. The molecule has 9 nitrogen and oxygen atoms in total. The lowest BCUT2D eigenvalue weighted by Gasteiger charge is -2.42. The molecule has 12 heteroatoms. The number of amides is 1. The van der Waals surface area contributed by atoms with Crippen LogP contribution in [-0.2, 0) is 17.8 Å². The van der Waals surface area contributed by atoms with E-state index in [0.29, 0.717) is 25.4 Å². The number of anilines is 2. The van der Waals surface area contributed by atoms with Gasteiger partial charge in [0.15, 0.2) is 0 Å². The minimum Gasteiger partial charge on any atom is -0.462 e. The maximum absolute atomic E-state index is 13.4. The number of hydrogen-bond acceptors (Lipinski definition) is 8. The molecular weight excluding hydrogens is 595 g/mol. The Morgan fingerprint density at radius 3 is 2.59 bits per heavy atom. The molecule has 2 fully saturated rings. The van der Waals surface area contributed by atoms with Crippen molar-refractivity contribution in [2.45, 2.75) is 57.4 Å². The van der Waals surface area contributed by atoms with Gasteiger partial charge in [-0.3, -0.25) is 4.79 Å². The Bertz CT molecular complexity index is 1680. The Balaban J connectivity index is 1.32. The second-order valence-corrected chi connectivity index (χ2v) is 12.4. The van der Waals surface area contributed by atoms with Crippen molar-refractivity contribution in [3.05, 3.63) is 65.4 Å². The molecule has 3 aliphatic heterocycles. The molecule has 0 radical (unpaired) electrons. The lowest BCUT2D eigenvalue weighted by molar-refractivity contribution is -0.141. The highest BCUT2D eigenvalue weighted by Crippen LogP contribution is 2.36. The van der Waals surface area contributed by atoms with Crippen molar-refractivity contribution in [3.63, 3.8) is 0 Å². The number of aromatic nitrogens is 2. The van der Waals surface area contributed by atoms with Gasteiger partial charge in [-0.2, -0.15) is 28.4 Å². The number of nitriles is 1. The molecule has 4 heterocycles. The first-order valence-electron chi connectivity index (χ1n) is 15.7. The van der Waals surface area contributed by atoms with Gasteiger partial charge in [-0.25, -0.2) is 0 Å². The van der Waals surface area contributed by atoms with E-state index < -0.39 is 23.7 Å². The molecule has 2 unspecified atom stereocenters. The number of piperazine rings is 1. The van der Waals surface area contributed by atoms with Crippen molar-refractivity contribution in [3.8, 4) is 12.1 Å². The summed E-state index contributed by atoms with van der Waals surface area (Å²) in [4.78, 5) is 30.3. The molecule has 0 bridgehead atoms. The van der Waals surface area contributed by atoms with Gasteiger partial charge in [0.1, 0.15) is 18.0 Å². The van der Waals surface area contributed by atoms with Crippen molar-refractivity contribution in [1.29, 1.82) is 5.26 Å². The average Bonchev–Trinajstić information content (AvgIpc) is 3.46. The fourth-order valence-electron chi connectivity index (χ4n) is 6.94. The van der Waals surface area contributed by atoms with E-state index >= 15 is 0 Å². The van der Waals surface area contributed by atoms with Gasteiger partial charge in [0.05, 0.1) is 30.8 Å². The molecule has 1 aromatic heterocycles. The lowest BCUT2D eigenvalue weighted by atomic mass is 9.99. The summed E-state index contributed by atoms with van der Waals surface area (Å²) >= 11 is 0. The molecule has 0 aliphatic carbocycles. The molecule has 2 aromatic carbocycles. The first-order chi connectivity index (χ1) is 22.0. The number of halogens is 3. The number of alkyl halides is 3. The molecule has 3 aromatic rings. The maximum Gasteiger partial charge on any atom is 0.421 e. The zero-order chi connectivity index (χ0) is 32.6. The summed E-state index contributed by atoms with van der Waals surface area (Å²) in [7, 11) is 2.08. The van der Waals surface area contributed by atoms with Gasteiger partial charge in [0.25, 0.3) is 5.91 Å². The van der Waals surface area contributed by atoms with Crippen molar-refractivity contribution >= 4 is 28.2 Å². The fraction of sp³-hybridized carbons (Fsp3) is 0.471. The molecule has 0 N–H and O–H groups in total. The van der Waals surface area contributed by atoms with Crippen molar-refractivity contribution in [2.24, 2.45) is 0 Å². The fourth-order valence-corrected chi connectivity index (χ4v) is 6.94. The topological polar surface area (TPSA) is 88.8 Å². The maximum atomic E-state index is 13.4. The summed E-state index contributed by atoms with van der Waals surface area (Å²) < 4.78 is 46.3. The van der Waals surface area contributed by atoms with E-state index in [0.717, 1.165) is 47.8 Å². The third-order valence-electron chi connectivity index (χ3n) is 9.50. The van der Waals surface area contributed by atoms with Crippen LogP contribution in [0.4, 0.5) is 24.7 Å². The molecule has 1 amide bonds. The van der Waals surface area contributed by atoms with E-state index in [1.54, 1.807) is 0 Å². The number of likely N-dealkylation sites (N-methyl/N-ethyl adjacent to an activating group) is 1. The van der Waals surface area contributed by atoms with Crippen molar-refractivity contribution in [2.75, 3.05) is 56.2 Å². The highest BCUT2D eigenvalue weighted by molar-refractivity contribution is 5.97. The van der Waals surface area contributed by atoms with E-state index in [1.165, 1.54) is 16.3 Å². The van der Waals surface area contributed by atoms with E-state index in [-0.39, 0.29) is 38.1 Å². The predicted octanol–water partition coefficient (Wildman–Crippen LogP) is 5.02. The van der Waals surface area contributed by atoms with E-state index in [9.17, 15) is 23.2 Å².